The maximum atomic E-state index is 4.71. The molecule has 1 nitrogen and oxygen atoms in total. The smallest absolute Gasteiger partial charge is 0.0709 e. The number of benzene rings is 2. The largest absolute Gasteiger partial charge is 0.248 e. The van der Waals surface area contributed by atoms with Crippen LogP contribution >= 0.6 is 17.0 Å². The summed E-state index contributed by atoms with van der Waals surface area (Å²) in [6.45, 7) is 0. The molecule has 0 saturated heterocycles. The van der Waals surface area contributed by atoms with Crippen molar-refractivity contribution in [3.05, 3.63) is 78.9 Å². The lowest BCUT2D eigenvalue weighted by molar-refractivity contribution is 1.32. The summed E-state index contributed by atoms with van der Waals surface area (Å²) in [7, 11) is 0. The Morgan fingerprint density at radius 1 is 0.474 bits per heavy atom. The quantitative estimate of drug-likeness (QED) is 0.649. The fraction of sp³-hybridized carbons (Fsp3) is 0. The van der Waals surface area contributed by atoms with E-state index in [1.165, 1.54) is 0 Å². The summed E-state index contributed by atoms with van der Waals surface area (Å²) in [4.78, 5) is 4.71. The van der Waals surface area contributed by atoms with Gasteiger partial charge in [0.1, 0.15) is 0 Å². The van der Waals surface area contributed by atoms with E-state index in [-0.39, 0.29) is 17.0 Å². The Morgan fingerprint density at radius 2 is 0.895 bits per heavy atom. The Kier molecular flexibility index (Phi) is 4.48. The van der Waals surface area contributed by atoms with Gasteiger partial charge in [0.2, 0.25) is 0 Å². The Labute approximate surface area is 123 Å². The Bertz CT molecular complexity index is 581. The molecule has 2 heteroatoms. The first kappa shape index (κ1) is 13.5. The normalized spacial score (nSPS) is 9.68. The SMILES string of the molecule is Br.c1ccc(-c2cccc(-c3ccccc3)n2)cc1. The van der Waals surface area contributed by atoms with Crippen LogP contribution in [0.5, 0.6) is 0 Å². The van der Waals surface area contributed by atoms with Crippen LogP contribution in [0.4, 0.5) is 0 Å². The van der Waals surface area contributed by atoms with Crippen molar-refractivity contribution in [3.63, 3.8) is 0 Å². The summed E-state index contributed by atoms with van der Waals surface area (Å²) in [6.07, 6.45) is 0. The minimum atomic E-state index is 0. The molecule has 0 saturated carbocycles. The zero-order chi connectivity index (χ0) is 12.2. The van der Waals surface area contributed by atoms with Crippen LogP contribution in [-0.2, 0) is 0 Å². The first-order valence-corrected chi connectivity index (χ1v) is 6.01. The van der Waals surface area contributed by atoms with Gasteiger partial charge in [-0.3, -0.25) is 0 Å². The third-order valence-corrected chi connectivity index (χ3v) is 2.89. The summed E-state index contributed by atoms with van der Waals surface area (Å²) >= 11 is 0. The molecule has 0 fully saturated rings. The van der Waals surface area contributed by atoms with Crippen LogP contribution in [0.15, 0.2) is 78.9 Å². The summed E-state index contributed by atoms with van der Waals surface area (Å²) < 4.78 is 0. The number of nitrogens with zero attached hydrogens (tertiary/aromatic N) is 1. The van der Waals surface area contributed by atoms with Gasteiger partial charge in [0.05, 0.1) is 11.4 Å². The standard InChI is InChI=1S/C17H13N.BrH/c1-3-8-14(9-4-1)16-12-7-13-17(18-16)15-10-5-2-6-11-15;/h1-13H;1H. The molecule has 0 amide bonds. The number of hydrogen-bond donors (Lipinski definition) is 0. The van der Waals surface area contributed by atoms with Crippen molar-refractivity contribution < 1.29 is 0 Å². The highest BCUT2D eigenvalue weighted by molar-refractivity contribution is 8.93. The Morgan fingerprint density at radius 3 is 1.32 bits per heavy atom. The molecular weight excluding hydrogens is 298 g/mol. The van der Waals surface area contributed by atoms with Crippen molar-refractivity contribution >= 4 is 17.0 Å². The van der Waals surface area contributed by atoms with E-state index in [1.54, 1.807) is 0 Å². The molecule has 3 aromatic rings. The molecule has 0 N–H and O–H groups in total. The van der Waals surface area contributed by atoms with Crippen molar-refractivity contribution in [2.24, 2.45) is 0 Å². The van der Waals surface area contributed by atoms with Crippen molar-refractivity contribution in [3.8, 4) is 22.5 Å². The first-order chi connectivity index (χ1) is 8.93. The maximum absolute atomic E-state index is 4.71. The molecule has 0 bridgehead atoms. The monoisotopic (exact) mass is 311 g/mol. The van der Waals surface area contributed by atoms with Crippen molar-refractivity contribution in [2.75, 3.05) is 0 Å². The highest BCUT2D eigenvalue weighted by atomic mass is 79.9. The van der Waals surface area contributed by atoms with E-state index in [0.29, 0.717) is 0 Å². The van der Waals surface area contributed by atoms with Crippen LogP contribution < -0.4 is 0 Å². The number of rotatable bonds is 2. The van der Waals surface area contributed by atoms with Gasteiger partial charge >= 0.3 is 0 Å². The summed E-state index contributed by atoms with van der Waals surface area (Å²) in [5.74, 6) is 0. The molecule has 94 valence electrons. The third-order valence-electron chi connectivity index (χ3n) is 2.89. The van der Waals surface area contributed by atoms with Gasteiger partial charge < -0.3 is 0 Å². The predicted octanol–water partition coefficient (Wildman–Crippen LogP) is 4.99. The minimum absolute atomic E-state index is 0. The van der Waals surface area contributed by atoms with E-state index in [0.717, 1.165) is 22.5 Å². The molecule has 0 radical (unpaired) electrons. The second-order valence-corrected chi connectivity index (χ2v) is 4.14. The first-order valence-electron chi connectivity index (χ1n) is 6.01. The summed E-state index contributed by atoms with van der Waals surface area (Å²) in [6, 6.07) is 26.6. The van der Waals surface area contributed by atoms with Gasteiger partial charge in [-0.25, -0.2) is 4.98 Å². The van der Waals surface area contributed by atoms with E-state index in [2.05, 4.69) is 30.3 Å². The third kappa shape index (κ3) is 3.09. The zero-order valence-corrected chi connectivity index (χ0v) is 12.1. The molecule has 2 aromatic carbocycles. The van der Waals surface area contributed by atoms with Gasteiger partial charge in [-0.2, -0.15) is 0 Å². The average molecular weight is 312 g/mol. The van der Waals surface area contributed by atoms with E-state index in [1.807, 2.05) is 48.5 Å². The molecule has 0 spiro atoms. The molecule has 1 heterocycles. The lowest BCUT2D eigenvalue weighted by atomic mass is 10.1. The molecule has 1 aromatic heterocycles. The van der Waals surface area contributed by atoms with E-state index in [9.17, 15) is 0 Å². The highest BCUT2D eigenvalue weighted by Gasteiger charge is 2.01. The number of halogens is 1. The maximum Gasteiger partial charge on any atom is 0.0709 e. The molecule has 0 atom stereocenters. The van der Waals surface area contributed by atoms with E-state index in [4.69, 9.17) is 4.98 Å². The molecule has 0 unspecified atom stereocenters. The predicted molar refractivity (Wildman–Crippen MR) is 85.4 cm³/mol. The van der Waals surface area contributed by atoms with Gasteiger partial charge in [0.15, 0.2) is 0 Å². The van der Waals surface area contributed by atoms with Gasteiger partial charge in [-0.1, -0.05) is 66.7 Å². The van der Waals surface area contributed by atoms with Gasteiger partial charge in [-0.05, 0) is 12.1 Å². The summed E-state index contributed by atoms with van der Waals surface area (Å²) in [5, 5.41) is 0. The minimum Gasteiger partial charge on any atom is -0.248 e. The van der Waals surface area contributed by atoms with E-state index >= 15 is 0 Å². The zero-order valence-electron chi connectivity index (χ0n) is 10.4. The van der Waals surface area contributed by atoms with Gasteiger partial charge in [0, 0.05) is 11.1 Å². The molecule has 19 heavy (non-hydrogen) atoms. The second kappa shape index (κ2) is 6.30. The Hall–Kier alpha value is -1.93. The van der Waals surface area contributed by atoms with Crippen molar-refractivity contribution in [1.82, 2.24) is 4.98 Å². The topological polar surface area (TPSA) is 12.9 Å². The highest BCUT2D eigenvalue weighted by Crippen LogP contribution is 2.21. The fourth-order valence-electron chi connectivity index (χ4n) is 1.97. The molecule has 0 aliphatic heterocycles. The molecule has 0 aliphatic rings. The van der Waals surface area contributed by atoms with Crippen LogP contribution in [0.2, 0.25) is 0 Å². The van der Waals surface area contributed by atoms with Crippen LogP contribution in [0.3, 0.4) is 0 Å². The number of aromatic nitrogens is 1. The second-order valence-electron chi connectivity index (χ2n) is 4.14. The van der Waals surface area contributed by atoms with Crippen LogP contribution in [-0.4, -0.2) is 4.98 Å². The van der Waals surface area contributed by atoms with Crippen LogP contribution in [0.1, 0.15) is 0 Å². The molecular formula is C17H14BrN. The number of pyridine rings is 1. The molecule has 0 aliphatic carbocycles. The van der Waals surface area contributed by atoms with Crippen LogP contribution in [0.25, 0.3) is 22.5 Å². The van der Waals surface area contributed by atoms with Crippen LogP contribution in [0, 0.1) is 0 Å². The van der Waals surface area contributed by atoms with Gasteiger partial charge in [0.25, 0.3) is 0 Å². The number of hydrogen-bond acceptors (Lipinski definition) is 1. The van der Waals surface area contributed by atoms with Crippen molar-refractivity contribution in [2.45, 2.75) is 0 Å². The Balaban J connectivity index is 0.00000133. The van der Waals surface area contributed by atoms with Crippen molar-refractivity contribution in [1.29, 1.82) is 0 Å². The average Bonchev–Trinajstić information content (AvgIpc) is 2.49. The molecule has 3 rings (SSSR count). The van der Waals surface area contributed by atoms with E-state index < -0.39 is 0 Å². The summed E-state index contributed by atoms with van der Waals surface area (Å²) in [5.41, 5.74) is 4.32. The van der Waals surface area contributed by atoms with Gasteiger partial charge in [-0.15, -0.1) is 17.0 Å². The lowest BCUT2D eigenvalue weighted by Gasteiger charge is -2.04. The fourth-order valence-corrected chi connectivity index (χ4v) is 1.97. The lowest BCUT2D eigenvalue weighted by Crippen LogP contribution is -1.87.